The molecule has 1 rings (SSSR count). The number of carbonyl (C=O) groups is 1. The van der Waals surface area contributed by atoms with Crippen molar-refractivity contribution < 1.29 is 23.1 Å². The first-order chi connectivity index (χ1) is 8.90. The number of hydrogen-bond acceptors (Lipinski definition) is 5. The van der Waals surface area contributed by atoms with Crippen molar-refractivity contribution in [3.8, 4) is 0 Å². The van der Waals surface area contributed by atoms with Crippen molar-refractivity contribution in [2.45, 2.75) is 37.8 Å². The zero-order valence-electron chi connectivity index (χ0n) is 11.1. The van der Waals surface area contributed by atoms with Crippen LogP contribution < -0.4 is 5.73 Å². The molecule has 0 aliphatic carbocycles. The number of aliphatic carboxylic acids is 1. The van der Waals surface area contributed by atoms with Crippen LogP contribution in [0.1, 0.15) is 25.7 Å². The van der Waals surface area contributed by atoms with E-state index < -0.39 is 16.0 Å². The number of sulfonamides is 1. The molecule has 1 saturated heterocycles. The number of methoxy groups -OCH3 is 1. The Kier molecular flexibility index (Phi) is 6.18. The van der Waals surface area contributed by atoms with Gasteiger partial charge >= 0.3 is 5.97 Å². The van der Waals surface area contributed by atoms with E-state index in [1.54, 1.807) is 7.11 Å². The fourth-order valence-electron chi connectivity index (χ4n) is 2.31. The highest BCUT2D eigenvalue weighted by atomic mass is 32.2. The standard InChI is InChI=1S/C11H22N2O5S/c1-18-10-4-5-13(9(7-10)8-12)19(16,17)6-2-3-11(14)15/h9-10H,2-8,12H2,1H3,(H,14,15). The Morgan fingerprint density at radius 2 is 2.21 bits per heavy atom. The van der Waals surface area contributed by atoms with E-state index >= 15 is 0 Å². The van der Waals surface area contributed by atoms with Gasteiger partial charge in [-0.1, -0.05) is 0 Å². The Balaban J connectivity index is 2.63. The van der Waals surface area contributed by atoms with Gasteiger partial charge in [-0.3, -0.25) is 4.79 Å². The van der Waals surface area contributed by atoms with Gasteiger partial charge in [0.2, 0.25) is 10.0 Å². The molecule has 1 fully saturated rings. The van der Waals surface area contributed by atoms with Gasteiger partial charge < -0.3 is 15.6 Å². The normalized spacial score (nSPS) is 25.4. The van der Waals surface area contributed by atoms with Crippen LogP contribution in [0.15, 0.2) is 0 Å². The average molecular weight is 294 g/mol. The summed E-state index contributed by atoms with van der Waals surface area (Å²) >= 11 is 0. The third-order valence-corrected chi connectivity index (χ3v) is 5.37. The van der Waals surface area contributed by atoms with Crippen LogP contribution in [-0.2, 0) is 19.6 Å². The van der Waals surface area contributed by atoms with E-state index in [9.17, 15) is 13.2 Å². The average Bonchev–Trinajstić information content (AvgIpc) is 2.37. The molecule has 2 unspecified atom stereocenters. The number of hydrogen-bond donors (Lipinski definition) is 2. The van der Waals surface area contributed by atoms with Crippen LogP contribution in [0.5, 0.6) is 0 Å². The van der Waals surface area contributed by atoms with E-state index in [-0.39, 0.29) is 37.3 Å². The molecule has 0 amide bonds. The molecule has 3 N–H and O–H groups in total. The van der Waals surface area contributed by atoms with Gasteiger partial charge in [0.05, 0.1) is 11.9 Å². The quantitative estimate of drug-likeness (QED) is 0.662. The van der Waals surface area contributed by atoms with Crippen molar-refractivity contribution in [3.05, 3.63) is 0 Å². The number of piperidine rings is 1. The molecule has 19 heavy (non-hydrogen) atoms. The van der Waals surface area contributed by atoms with Crippen LogP contribution in [0, 0.1) is 0 Å². The number of ether oxygens (including phenoxy) is 1. The Hall–Kier alpha value is -0.700. The predicted molar refractivity (Wildman–Crippen MR) is 70.2 cm³/mol. The molecule has 0 bridgehead atoms. The number of rotatable bonds is 7. The van der Waals surface area contributed by atoms with Gasteiger partial charge in [0, 0.05) is 32.7 Å². The first-order valence-corrected chi connectivity index (χ1v) is 7.95. The number of carboxylic acids is 1. The molecule has 112 valence electrons. The molecular weight excluding hydrogens is 272 g/mol. The maximum absolute atomic E-state index is 12.2. The topological polar surface area (TPSA) is 110 Å². The van der Waals surface area contributed by atoms with Crippen LogP contribution in [0.3, 0.4) is 0 Å². The highest BCUT2D eigenvalue weighted by Gasteiger charge is 2.34. The van der Waals surface area contributed by atoms with Gasteiger partial charge in [0.25, 0.3) is 0 Å². The summed E-state index contributed by atoms with van der Waals surface area (Å²) in [7, 11) is -1.83. The molecule has 0 spiro atoms. The molecule has 8 heteroatoms. The molecule has 1 aliphatic heterocycles. The summed E-state index contributed by atoms with van der Waals surface area (Å²) in [5, 5.41) is 8.54. The zero-order chi connectivity index (χ0) is 14.5. The lowest BCUT2D eigenvalue weighted by molar-refractivity contribution is -0.137. The van der Waals surface area contributed by atoms with Crippen LogP contribution in [0.25, 0.3) is 0 Å². The summed E-state index contributed by atoms with van der Waals surface area (Å²) < 4.78 is 31.0. The Bertz CT molecular complexity index is 398. The summed E-state index contributed by atoms with van der Waals surface area (Å²) in [5.41, 5.74) is 5.63. The monoisotopic (exact) mass is 294 g/mol. The zero-order valence-corrected chi connectivity index (χ0v) is 11.9. The van der Waals surface area contributed by atoms with Crippen LogP contribution in [0.4, 0.5) is 0 Å². The summed E-state index contributed by atoms with van der Waals surface area (Å²) in [4.78, 5) is 10.4. The fraction of sp³-hybridized carbons (Fsp3) is 0.909. The van der Waals surface area contributed by atoms with E-state index in [0.29, 0.717) is 19.4 Å². The van der Waals surface area contributed by atoms with Crippen molar-refractivity contribution in [3.63, 3.8) is 0 Å². The second-order valence-corrected chi connectivity index (χ2v) is 6.74. The van der Waals surface area contributed by atoms with E-state index in [4.69, 9.17) is 15.6 Å². The van der Waals surface area contributed by atoms with Gasteiger partial charge in [0.15, 0.2) is 0 Å². The summed E-state index contributed by atoms with van der Waals surface area (Å²) in [5.74, 6) is -1.13. The third kappa shape index (κ3) is 4.72. The molecule has 0 saturated carbocycles. The predicted octanol–water partition coefficient (Wildman–Crippen LogP) is -0.381. The maximum Gasteiger partial charge on any atom is 0.303 e. The summed E-state index contributed by atoms with van der Waals surface area (Å²) in [6.45, 7) is 0.633. The van der Waals surface area contributed by atoms with Gasteiger partial charge in [-0.2, -0.15) is 4.31 Å². The summed E-state index contributed by atoms with van der Waals surface area (Å²) in [6.07, 6.45) is 1.26. The van der Waals surface area contributed by atoms with Crippen molar-refractivity contribution >= 4 is 16.0 Å². The number of carboxylic acid groups (broad SMARTS) is 1. The van der Waals surface area contributed by atoms with Crippen molar-refractivity contribution in [2.75, 3.05) is 26.0 Å². The van der Waals surface area contributed by atoms with Crippen molar-refractivity contribution in [1.29, 1.82) is 0 Å². The minimum atomic E-state index is -3.44. The van der Waals surface area contributed by atoms with E-state index in [2.05, 4.69) is 0 Å². The van der Waals surface area contributed by atoms with Crippen LogP contribution in [0.2, 0.25) is 0 Å². The fourth-order valence-corrected chi connectivity index (χ4v) is 4.06. The highest BCUT2D eigenvalue weighted by molar-refractivity contribution is 7.89. The maximum atomic E-state index is 12.2. The number of nitrogens with zero attached hydrogens (tertiary/aromatic N) is 1. The van der Waals surface area contributed by atoms with E-state index in [0.717, 1.165) is 0 Å². The smallest absolute Gasteiger partial charge is 0.303 e. The van der Waals surface area contributed by atoms with Crippen molar-refractivity contribution in [2.24, 2.45) is 5.73 Å². The van der Waals surface area contributed by atoms with Gasteiger partial charge in [-0.05, 0) is 19.3 Å². The lowest BCUT2D eigenvalue weighted by atomic mass is 10.0. The first kappa shape index (κ1) is 16.4. The molecule has 0 aromatic carbocycles. The minimum Gasteiger partial charge on any atom is -0.481 e. The second-order valence-electron chi connectivity index (χ2n) is 4.70. The Morgan fingerprint density at radius 3 is 2.74 bits per heavy atom. The van der Waals surface area contributed by atoms with Gasteiger partial charge in [0.1, 0.15) is 0 Å². The van der Waals surface area contributed by atoms with E-state index in [1.165, 1.54) is 4.31 Å². The highest BCUT2D eigenvalue weighted by Crippen LogP contribution is 2.22. The molecule has 7 nitrogen and oxygen atoms in total. The van der Waals surface area contributed by atoms with Gasteiger partial charge in [-0.25, -0.2) is 8.42 Å². The molecule has 0 radical (unpaired) electrons. The molecule has 2 atom stereocenters. The lowest BCUT2D eigenvalue weighted by Crippen LogP contribution is -2.51. The van der Waals surface area contributed by atoms with Gasteiger partial charge in [-0.15, -0.1) is 0 Å². The SMILES string of the molecule is COC1CCN(S(=O)(=O)CCCC(=O)O)C(CN)C1. The second kappa shape index (κ2) is 7.18. The first-order valence-electron chi connectivity index (χ1n) is 6.35. The van der Waals surface area contributed by atoms with Crippen molar-refractivity contribution in [1.82, 2.24) is 4.31 Å². The summed E-state index contributed by atoms with van der Waals surface area (Å²) in [6, 6.07) is -0.256. The lowest BCUT2D eigenvalue weighted by Gasteiger charge is -2.37. The molecule has 0 aromatic rings. The number of nitrogens with two attached hydrogens (primary N) is 1. The molecule has 1 heterocycles. The van der Waals surface area contributed by atoms with Crippen LogP contribution in [-0.4, -0.2) is 61.9 Å². The Morgan fingerprint density at radius 1 is 1.53 bits per heavy atom. The molecule has 1 aliphatic rings. The Labute approximate surface area is 113 Å². The molecular formula is C11H22N2O5S. The van der Waals surface area contributed by atoms with Crippen LogP contribution >= 0.6 is 0 Å². The van der Waals surface area contributed by atoms with E-state index in [1.807, 2.05) is 0 Å². The molecule has 0 aromatic heterocycles. The minimum absolute atomic E-state index is 0.0408. The largest absolute Gasteiger partial charge is 0.481 e. The third-order valence-electron chi connectivity index (χ3n) is 3.37.